The minimum absolute atomic E-state index is 0.343. The van der Waals surface area contributed by atoms with Crippen molar-refractivity contribution >= 4 is 16.6 Å². The van der Waals surface area contributed by atoms with Gasteiger partial charge in [-0.15, -0.1) is 0 Å². The molecule has 1 aromatic heterocycles. The van der Waals surface area contributed by atoms with Gasteiger partial charge in [-0.25, -0.2) is 9.36 Å². The number of nitrogens with one attached hydrogen (secondary N) is 1. The Morgan fingerprint density at radius 1 is 0.947 bits per heavy atom. The number of rotatable bonds is 1. The average Bonchev–Trinajstić information content (AvgIpc) is 2.41. The van der Waals surface area contributed by atoms with Gasteiger partial charge < -0.3 is 10.7 Å². The van der Waals surface area contributed by atoms with Gasteiger partial charge in [-0.2, -0.15) is 0 Å². The van der Waals surface area contributed by atoms with E-state index in [9.17, 15) is 9.59 Å². The van der Waals surface area contributed by atoms with Gasteiger partial charge >= 0.3 is 5.69 Å². The molecule has 5 heteroatoms. The van der Waals surface area contributed by atoms with E-state index in [4.69, 9.17) is 5.73 Å². The monoisotopic (exact) mass is 253 g/mol. The topological polar surface area (TPSA) is 80.9 Å². The van der Waals surface area contributed by atoms with E-state index in [2.05, 4.69) is 4.98 Å². The highest BCUT2D eigenvalue weighted by atomic mass is 16.2. The van der Waals surface area contributed by atoms with Gasteiger partial charge in [0.1, 0.15) is 0 Å². The Balaban J connectivity index is 2.39. The quantitative estimate of drug-likeness (QED) is 0.641. The smallest absolute Gasteiger partial charge is 0.333 e. The second-order valence-corrected chi connectivity index (χ2v) is 4.21. The molecule has 0 unspecified atom stereocenters. The number of H-pyrrole nitrogens is 1. The number of nitrogens with zero attached hydrogens (tertiary/aromatic N) is 1. The first-order chi connectivity index (χ1) is 9.16. The van der Waals surface area contributed by atoms with Crippen LogP contribution in [0.2, 0.25) is 0 Å². The molecule has 0 aliphatic heterocycles. The Morgan fingerprint density at radius 3 is 2.37 bits per heavy atom. The normalized spacial score (nSPS) is 10.7. The van der Waals surface area contributed by atoms with Gasteiger partial charge in [0.2, 0.25) is 0 Å². The molecule has 0 atom stereocenters. The molecular formula is C14H11N3O2. The van der Waals surface area contributed by atoms with Crippen LogP contribution in [0, 0.1) is 0 Å². The van der Waals surface area contributed by atoms with Gasteiger partial charge in [0, 0.05) is 5.69 Å². The summed E-state index contributed by atoms with van der Waals surface area (Å²) in [5, 5.41) is 0.471. The fourth-order valence-electron chi connectivity index (χ4n) is 2.02. The van der Waals surface area contributed by atoms with Crippen molar-refractivity contribution < 1.29 is 0 Å². The maximum atomic E-state index is 12.3. The van der Waals surface area contributed by atoms with E-state index in [-0.39, 0.29) is 5.56 Å². The van der Waals surface area contributed by atoms with Crippen LogP contribution >= 0.6 is 0 Å². The third-order valence-electron chi connectivity index (χ3n) is 2.96. The molecule has 0 saturated heterocycles. The molecule has 2 aromatic carbocycles. The molecule has 0 bridgehead atoms. The summed E-state index contributed by atoms with van der Waals surface area (Å²) in [5.41, 5.74) is 6.39. The number of para-hydroxylation sites is 1. The number of fused-ring (bicyclic) bond motifs is 1. The Labute approximate surface area is 107 Å². The summed E-state index contributed by atoms with van der Waals surface area (Å²) in [7, 11) is 0. The third kappa shape index (κ3) is 1.81. The molecule has 0 amide bonds. The van der Waals surface area contributed by atoms with Crippen LogP contribution in [-0.4, -0.2) is 9.55 Å². The molecule has 3 rings (SSSR count). The number of aromatic nitrogens is 2. The van der Waals surface area contributed by atoms with Crippen molar-refractivity contribution in [2.75, 3.05) is 5.73 Å². The molecule has 0 spiro atoms. The summed E-state index contributed by atoms with van der Waals surface area (Å²) in [6.07, 6.45) is 0. The summed E-state index contributed by atoms with van der Waals surface area (Å²) in [4.78, 5) is 27.1. The number of anilines is 1. The van der Waals surface area contributed by atoms with Crippen LogP contribution in [0.25, 0.3) is 16.6 Å². The number of nitrogens with two attached hydrogens (primary N) is 1. The number of hydrogen-bond acceptors (Lipinski definition) is 3. The molecule has 0 aliphatic rings. The van der Waals surface area contributed by atoms with Crippen LogP contribution in [-0.2, 0) is 0 Å². The predicted molar refractivity (Wildman–Crippen MR) is 74.6 cm³/mol. The van der Waals surface area contributed by atoms with Crippen LogP contribution < -0.4 is 17.0 Å². The SMILES string of the molecule is Nc1ccc(-n2c(=O)[nH]c3ccccc3c2=O)cc1. The van der Waals surface area contributed by atoms with E-state index < -0.39 is 5.69 Å². The highest BCUT2D eigenvalue weighted by Crippen LogP contribution is 2.09. The molecule has 0 saturated carbocycles. The second-order valence-electron chi connectivity index (χ2n) is 4.21. The van der Waals surface area contributed by atoms with E-state index >= 15 is 0 Å². The van der Waals surface area contributed by atoms with Crippen LogP contribution in [0.5, 0.6) is 0 Å². The van der Waals surface area contributed by atoms with Gasteiger partial charge in [-0.3, -0.25) is 4.79 Å². The van der Waals surface area contributed by atoms with E-state index in [1.54, 1.807) is 48.5 Å². The van der Waals surface area contributed by atoms with E-state index in [0.29, 0.717) is 22.3 Å². The van der Waals surface area contributed by atoms with Gasteiger partial charge in [0.25, 0.3) is 5.56 Å². The van der Waals surface area contributed by atoms with Crippen LogP contribution in [0.15, 0.2) is 58.1 Å². The Kier molecular flexibility index (Phi) is 2.45. The zero-order valence-corrected chi connectivity index (χ0v) is 9.96. The van der Waals surface area contributed by atoms with E-state index in [1.165, 1.54) is 0 Å². The standard InChI is InChI=1S/C14H11N3O2/c15-9-5-7-10(8-6-9)17-13(18)11-3-1-2-4-12(11)16-14(17)19/h1-8H,15H2,(H,16,19). The van der Waals surface area contributed by atoms with Gasteiger partial charge in [0.15, 0.2) is 0 Å². The molecule has 0 aliphatic carbocycles. The zero-order chi connectivity index (χ0) is 13.4. The summed E-state index contributed by atoms with van der Waals surface area (Å²) < 4.78 is 1.10. The first kappa shape index (κ1) is 11.3. The van der Waals surface area contributed by atoms with Crippen molar-refractivity contribution in [1.82, 2.24) is 9.55 Å². The minimum Gasteiger partial charge on any atom is -0.399 e. The van der Waals surface area contributed by atoms with Gasteiger partial charge in [0.05, 0.1) is 16.6 Å². The fourth-order valence-corrected chi connectivity index (χ4v) is 2.02. The second kappa shape index (κ2) is 4.13. The van der Waals surface area contributed by atoms with Crippen molar-refractivity contribution in [3.05, 3.63) is 69.4 Å². The molecule has 3 N–H and O–H groups in total. The predicted octanol–water partition coefficient (Wildman–Crippen LogP) is 1.26. The average molecular weight is 253 g/mol. The lowest BCUT2D eigenvalue weighted by atomic mass is 10.2. The molecule has 1 heterocycles. The van der Waals surface area contributed by atoms with Crippen LogP contribution in [0.4, 0.5) is 5.69 Å². The van der Waals surface area contributed by atoms with Crippen molar-refractivity contribution in [3.63, 3.8) is 0 Å². The fraction of sp³-hybridized carbons (Fsp3) is 0. The first-order valence-electron chi connectivity index (χ1n) is 5.77. The molecule has 94 valence electrons. The Hall–Kier alpha value is -2.82. The number of hydrogen-bond donors (Lipinski definition) is 2. The molecule has 0 fully saturated rings. The largest absolute Gasteiger partial charge is 0.399 e. The highest BCUT2D eigenvalue weighted by Gasteiger charge is 2.08. The lowest BCUT2D eigenvalue weighted by molar-refractivity contribution is 0.901. The third-order valence-corrected chi connectivity index (χ3v) is 2.96. The molecule has 3 aromatic rings. The zero-order valence-electron chi connectivity index (χ0n) is 9.96. The first-order valence-corrected chi connectivity index (χ1v) is 5.77. The molecule has 0 radical (unpaired) electrons. The summed E-state index contributed by atoms with van der Waals surface area (Å²) in [5.74, 6) is 0. The van der Waals surface area contributed by atoms with Gasteiger partial charge in [-0.05, 0) is 36.4 Å². The Bertz CT molecular complexity index is 860. The molecular weight excluding hydrogens is 242 g/mol. The van der Waals surface area contributed by atoms with E-state index in [1.807, 2.05) is 0 Å². The van der Waals surface area contributed by atoms with Crippen molar-refractivity contribution in [1.29, 1.82) is 0 Å². The molecule has 5 nitrogen and oxygen atoms in total. The van der Waals surface area contributed by atoms with Crippen molar-refractivity contribution in [3.8, 4) is 5.69 Å². The lowest BCUT2D eigenvalue weighted by Gasteiger charge is -2.06. The summed E-state index contributed by atoms with van der Waals surface area (Å²) in [6.45, 7) is 0. The van der Waals surface area contributed by atoms with Crippen molar-refractivity contribution in [2.24, 2.45) is 0 Å². The van der Waals surface area contributed by atoms with Gasteiger partial charge in [-0.1, -0.05) is 12.1 Å². The highest BCUT2D eigenvalue weighted by molar-refractivity contribution is 5.77. The molecule has 19 heavy (non-hydrogen) atoms. The maximum Gasteiger partial charge on any atom is 0.333 e. The number of aromatic amines is 1. The maximum absolute atomic E-state index is 12.3. The van der Waals surface area contributed by atoms with Crippen LogP contribution in [0.1, 0.15) is 0 Å². The number of nitrogen functional groups attached to an aromatic ring is 1. The Morgan fingerprint density at radius 2 is 1.63 bits per heavy atom. The number of benzene rings is 2. The minimum atomic E-state index is -0.464. The summed E-state index contributed by atoms with van der Waals surface area (Å²) >= 11 is 0. The lowest BCUT2D eigenvalue weighted by Crippen LogP contribution is -2.33. The van der Waals surface area contributed by atoms with E-state index in [0.717, 1.165) is 4.57 Å². The van der Waals surface area contributed by atoms with Crippen molar-refractivity contribution in [2.45, 2.75) is 0 Å². The summed E-state index contributed by atoms with van der Waals surface area (Å²) in [6, 6.07) is 13.5. The van der Waals surface area contributed by atoms with Crippen LogP contribution in [0.3, 0.4) is 0 Å².